The highest BCUT2D eigenvalue weighted by atomic mass is 15.1. The van der Waals surface area contributed by atoms with E-state index in [0.717, 1.165) is 11.4 Å². The highest BCUT2D eigenvalue weighted by Crippen LogP contribution is 2.63. The molecule has 290 valence electrons. The lowest BCUT2D eigenvalue weighted by Gasteiger charge is -2.32. The molecule has 2 aliphatic carbocycles. The first kappa shape index (κ1) is 37.9. The molecule has 0 saturated carbocycles. The topological polar surface area (TPSA) is 3.24 Å². The van der Waals surface area contributed by atoms with E-state index in [4.69, 9.17) is 0 Å². The first-order chi connectivity index (χ1) is 28.1. The fourth-order valence-electron chi connectivity index (χ4n) is 10.3. The van der Waals surface area contributed by atoms with Crippen molar-refractivity contribution in [1.82, 2.24) is 0 Å². The second-order valence-electron chi connectivity index (χ2n) is 18.2. The molecule has 0 bridgehead atoms. The number of hydrogen-bond acceptors (Lipinski definition) is 1. The summed E-state index contributed by atoms with van der Waals surface area (Å²) in [6, 6.07) is 60.4. The molecule has 2 aliphatic rings. The summed E-state index contributed by atoms with van der Waals surface area (Å²) >= 11 is 0. The van der Waals surface area contributed by atoms with Crippen molar-refractivity contribution in [2.45, 2.75) is 96.8 Å². The minimum Gasteiger partial charge on any atom is -0.311 e. The van der Waals surface area contributed by atoms with Gasteiger partial charge in [0, 0.05) is 17.1 Å². The average molecular weight is 756 g/mol. The van der Waals surface area contributed by atoms with Crippen LogP contribution in [-0.2, 0) is 16.2 Å². The quantitative estimate of drug-likeness (QED) is 0.127. The monoisotopic (exact) mass is 755 g/mol. The summed E-state index contributed by atoms with van der Waals surface area (Å²) in [5.41, 5.74) is 20.9. The van der Waals surface area contributed by atoms with Crippen LogP contribution >= 0.6 is 0 Å². The number of benzene rings is 7. The molecule has 7 aromatic rings. The third kappa shape index (κ3) is 6.13. The summed E-state index contributed by atoms with van der Waals surface area (Å²) < 4.78 is 0. The molecule has 0 unspecified atom stereocenters. The maximum Gasteiger partial charge on any atom is 0.0725 e. The zero-order valence-electron chi connectivity index (χ0n) is 35.5. The predicted molar refractivity (Wildman–Crippen MR) is 248 cm³/mol. The molecule has 0 aromatic heterocycles. The van der Waals surface area contributed by atoms with E-state index >= 15 is 0 Å². The van der Waals surface area contributed by atoms with Crippen LogP contribution in [0, 0.1) is 6.92 Å². The third-order valence-electron chi connectivity index (χ3n) is 13.6. The minimum atomic E-state index is -0.384. The Morgan fingerprint density at radius 2 is 0.897 bits per heavy atom. The number of hydrogen-bond donors (Lipinski definition) is 0. The maximum absolute atomic E-state index is 2.58. The van der Waals surface area contributed by atoms with Crippen molar-refractivity contribution in [2.75, 3.05) is 4.90 Å². The fraction of sp³-hybridized carbons (Fsp3) is 0.263. The summed E-state index contributed by atoms with van der Waals surface area (Å²) in [6.45, 7) is 16.3. The normalized spacial score (nSPS) is 13.6. The third-order valence-corrected chi connectivity index (χ3v) is 13.6. The van der Waals surface area contributed by atoms with Crippen LogP contribution in [0.2, 0.25) is 0 Å². The van der Waals surface area contributed by atoms with Crippen LogP contribution in [-0.4, -0.2) is 0 Å². The van der Waals surface area contributed by atoms with Crippen LogP contribution in [0.5, 0.6) is 0 Å². The van der Waals surface area contributed by atoms with Crippen molar-refractivity contribution in [2.24, 2.45) is 0 Å². The Balaban J connectivity index is 1.16. The van der Waals surface area contributed by atoms with Gasteiger partial charge in [0.05, 0.1) is 5.41 Å². The summed E-state index contributed by atoms with van der Waals surface area (Å²) in [5.74, 6) is 0. The van der Waals surface area contributed by atoms with Gasteiger partial charge >= 0.3 is 0 Å². The molecule has 0 aliphatic heterocycles. The molecule has 7 aromatic carbocycles. The van der Waals surface area contributed by atoms with Gasteiger partial charge in [-0.15, -0.1) is 0 Å². The zero-order chi connectivity index (χ0) is 40.2. The van der Waals surface area contributed by atoms with Crippen LogP contribution in [0.4, 0.5) is 17.1 Å². The van der Waals surface area contributed by atoms with Crippen molar-refractivity contribution in [3.63, 3.8) is 0 Å². The van der Waals surface area contributed by atoms with Crippen molar-refractivity contribution < 1.29 is 0 Å². The predicted octanol–water partition coefficient (Wildman–Crippen LogP) is 16.0. The smallest absolute Gasteiger partial charge is 0.0725 e. The first-order valence-corrected chi connectivity index (χ1v) is 21.6. The number of fused-ring (bicyclic) bond motifs is 10. The minimum absolute atomic E-state index is 0.0890. The molecule has 0 radical (unpaired) electrons. The lowest BCUT2D eigenvalue weighted by atomic mass is 9.69. The number of unbranched alkanes of at least 4 members (excludes halogenated alkanes) is 1. The summed E-state index contributed by atoms with van der Waals surface area (Å²) in [6.07, 6.45) is 5.97. The van der Waals surface area contributed by atoms with E-state index in [-0.39, 0.29) is 16.2 Å². The number of rotatable bonds is 11. The van der Waals surface area contributed by atoms with E-state index in [0.29, 0.717) is 0 Å². The Hall–Kier alpha value is -5.66. The Morgan fingerprint density at radius 3 is 1.48 bits per heavy atom. The molecule has 1 spiro atoms. The summed E-state index contributed by atoms with van der Waals surface area (Å²) in [5, 5.41) is 0. The van der Waals surface area contributed by atoms with Crippen molar-refractivity contribution in [3.05, 3.63) is 197 Å². The van der Waals surface area contributed by atoms with Gasteiger partial charge in [-0.1, -0.05) is 182 Å². The number of nitrogens with zero attached hydrogens (tertiary/aromatic N) is 1. The van der Waals surface area contributed by atoms with Crippen molar-refractivity contribution in [3.8, 4) is 33.4 Å². The fourth-order valence-corrected chi connectivity index (χ4v) is 10.3. The van der Waals surface area contributed by atoms with Gasteiger partial charge in [0.1, 0.15) is 0 Å². The van der Waals surface area contributed by atoms with Gasteiger partial charge in [-0.3, -0.25) is 0 Å². The molecular formula is C57H57N. The van der Waals surface area contributed by atoms with Gasteiger partial charge in [0.25, 0.3) is 0 Å². The van der Waals surface area contributed by atoms with Crippen molar-refractivity contribution in [1.29, 1.82) is 0 Å². The molecule has 1 nitrogen and oxygen atoms in total. The van der Waals surface area contributed by atoms with Gasteiger partial charge in [-0.25, -0.2) is 0 Å². The maximum atomic E-state index is 2.58. The van der Waals surface area contributed by atoms with E-state index < -0.39 is 0 Å². The lowest BCUT2D eigenvalue weighted by Crippen LogP contribution is -2.27. The molecule has 0 atom stereocenters. The van der Waals surface area contributed by atoms with Gasteiger partial charge in [-0.2, -0.15) is 0 Å². The Labute approximate surface area is 347 Å². The molecular weight excluding hydrogens is 699 g/mol. The molecule has 0 amide bonds. The molecule has 0 heterocycles. The van der Waals surface area contributed by atoms with Crippen LogP contribution in [0.1, 0.15) is 113 Å². The molecule has 58 heavy (non-hydrogen) atoms. The van der Waals surface area contributed by atoms with Crippen LogP contribution in [0.3, 0.4) is 0 Å². The Bertz CT molecular complexity index is 2560. The summed E-state index contributed by atoms with van der Waals surface area (Å²) in [4.78, 5) is 2.39. The van der Waals surface area contributed by atoms with Gasteiger partial charge in [-0.05, 0) is 140 Å². The van der Waals surface area contributed by atoms with E-state index in [1.807, 2.05) is 0 Å². The van der Waals surface area contributed by atoms with Gasteiger partial charge in [0.2, 0.25) is 0 Å². The molecule has 0 fully saturated rings. The Morgan fingerprint density at radius 1 is 0.431 bits per heavy atom. The SMILES string of the molecule is CCCCC(C)(C)c1ccc2c(c1)C1(c3ccccc3-c3ccccc31)c1cc(-c3ccc(N(c4ccc(C)cc4)c4ccc(C(C)(C)CCC)cc4)cc3)ccc1-2. The average Bonchev–Trinajstić information content (AvgIpc) is 3.71. The van der Waals surface area contributed by atoms with Gasteiger partial charge in [0.15, 0.2) is 0 Å². The van der Waals surface area contributed by atoms with E-state index in [1.54, 1.807) is 0 Å². The van der Waals surface area contributed by atoms with Crippen LogP contribution in [0.25, 0.3) is 33.4 Å². The zero-order valence-corrected chi connectivity index (χ0v) is 35.5. The number of anilines is 3. The lowest BCUT2D eigenvalue weighted by molar-refractivity contribution is 0.457. The van der Waals surface area contributed by atoms with E-state index in [2.05, 4.69) is 211 Å². The highest BCUT2D eigenvalue weighted by molar-refractivity contribution is 5.96. The molecule has 1 heteroatoms. The Kier molecular flexibility index (Phi) is 9.55. The standard InChI is InChI=1S/C57H57N/c1-8-10-36-56(6,7)43-26-34-50-49-33-23-41(37-53(49)57(54(50)38-43)51-17-13-11-15-47(51)48-16-12-14-18-52(48)57)40-21-29-45(30-22-40)58(44-27-19-39(3)20-28-44)46-31-24-42(25-32-46)55(4,5)35-9-2/h11-34,37-38H,8-10,35-36H2,1-7H3. The largest absolute Gasteiger partial charge is 0.311 e. The molecule has 0 N–H and O–H groups in total. The second-order valence-corrected chi connectivity index (χ2v) is 18.2. The molecule has 9 rings (SSSR count). The first-order valence-electron chi connectivity index (χ1n) is 21.6. The van der Waals surface area contributed by atoms with E-state index in [1.165, 1.54) is 110 Å². The van der Waals surface area contributed by atoms with Crippen LogP contribution in [0.15, 0.2) is 158 Å². The van der Waals surface area contributed by atoms with Crippen LogP contribution < -0.4 is 4.90 Å². The summed E-state index contributed by atoms with van der Waals surface area (Å²) in [7, 11) is 0. The highest BCUT2D eigenvalue weighted by Gasteiger charge is 2.52. The second kappa shape index (κ2) is 14.6. The molecule has 0 saturated heterocycles. The van der Waals surface area contributed by atoms with E-state index in [9.17, 15) is 0 Å². The number of aryl methyl sites for hydroxylation is 1. The van der Waals surface area contributed by atoms with Gasteiger partial charge < -0.3 is 4.90 Å². The van der Waals surface area contributed by atoms with Crippen molar-refractivity contribution >= 4 is 17.1 Å².